The molecule has 6 fully saturated rings. The molecule has 5 unspecified atom stereocenters. The van der Waals surface area contributed by atoms with Gasteiger partial charge >= 0.3 is 12.1 Å². The van der Waals surface area contributed by atoms with Crippen LogP contribution in [0.25, 0.3) is 0 Å². The van der Waals surface area contributed by atoms with Gasteiger partial charge in [-0.05, 0) is 105 Å². The second kappa shape index (κ2) is 10.3. The van der Waals surface area contributed by atoms with E-state index in [4.69, 9.17) is 19.9 Å². The van der Waals surface area contributed by atoms with Crippen molar-refractivity contribution in [1.29, 1.82) is 0 Å². The number of alkyl carbamates (subject to hydrolysis) is 1. The zero-order valence-corrected chi connectivity index (χ0v) is 28.3. The lowest BCUT2D eigenvalue weighted by molar-refractivity contribution is -0.216. The maximum atomic E-state index is 12.5. The number of fused-ring (bicyclic) bond motifs is 4. The number of ether oxygens (including phenoxy) is 3. The van der Waals surface area contributed by atoms with Crippen molar-refractivity contribution < 1.29 is 34.0 Å². The molecular formula is C35H58N2O7. The highest BCUT2D eigenvalue weighted by atomic mass is 16.6. The average molecular weight is 619 g/mol. The van der Waals surface area contributed by atoms with Crippen molar-refractivity contribution in [2.75, 3.05) is 13.1 Å². The number of nitrogens with two attached hydrogens (primary N) is 1. The third-order valence-corrected chi connectivity index (χ3v) is 14.8. The van der Waals surface area contributed by atoms with Crippen LogP contribution >= 0.6 is 0 Å². The summed E-state index contributed by atoms with van der Waals surface area (Å²) in [4.78, 5) is 24.6. The molecule has 13 atom stereocenters. The van der Waals surface area contributed by atoms with Crippen molar-refractivity contribution in [2.45, 2.75) is 143 Å². The van der Waals surface area contributed by atoms with Gasteiger partial charge in [0.2, 0.25) is 0 Å². The molecule has 0 aromatic heterocycles. The number of esters is 1. The van der Waals surface area contributed by atoms with Crippen LogP contribution in [0.4, 0.5) is 4.79 Å². The van der Waals surface area contributed by atoms with Crippen molar-refractivity contribution in [1.82, 2.24) is 5.32 Å². The Hall–Kier alpha value is -1.42. The Morgan fingerprint density at radius 2 is 1.73 bits per heavy atom. The second-order valence-electron chi connectivity index (χ2n) is 17.3. The van der Waals surface area contributed by atoms with E-state index in [0.29, 0.717) is 31.3 Å². The van der Waals surface area contributed by atoms with Gasteiger partial charge < -0.3 is 35.5 Å². The third kappa shape index (κ3) is 4.23. The summed E-state index contributed by atoms with van der Waals surface area (Å²) in [5.74, 6) is 0.857. The standard InChI is InChI=1S/C35H58N2O7/c1-19-17-21(28(31(5,6)41)42-20(2)38)43-26-25(19)32(7)13-14-35-18-34(35)12-11-24(44-29(40)37-16-15-36)30(3,4)22(34)9-10-23(35)33(32,8)27(26)39/h19,21-28,39,41H,9-18,36H2,1-8H3,(H,37,40)/t19-,21?,22+,23+,24?,25?,26?,27+,28+,32-,33-,34-,35?/m1/s1. The van der Waals surface area contributed by atoms with Crippen molar-refractivity contribution in [2.24, 2.45) is 56.5 Å². The van der Waals surface area contributed by atoms with Crippen molar-refractivity contribution in [3.8, 4) is 0 Å². The molecule has 6 aliphatic rings. The van der Waals surface area contributed by atoms with E-state index in [-0.39, 0.29) is 57.2 Å². The van der Waals surface area contributed by atoms with Gasteiger partial charge in [-0.25, -0.2) is 4.79 Å². The first-order chi connectivity index (χ1) is 20.4. The first-order valence-electron chi connectivity index (χ1n) is 17.3. The van der Waals surface area contributed by atoms with E-state index >= 15 is 0 Å². The van der Waals surface area contributed by atoms with Crippen LogP contribution in [0.3, 0.4) is 0 Å². The summed E-state index contributed by atoms with van der Waals surface area (Å²) < 4.78 is 18.5. The van der Waals surface area contributed by atoms with Gasteiger partial charge in [-0.2, -0.15) is 0 Å². The number of carbonyl (C=O) groups excluding carboxylic acids is 2. The fourth-order valence-electron chi connectivity index (χ4n) is 12.9. The summed E-state index contributed by atoms with van der Waals surface area (Å²) in [5, 5.41) is 26.2. The molecule has 0 bridgehead atoms. The van der Waals surface area contributed by atoms with E-state index < -0.39 is 29.9 Å². The topological polar surface area (TPSA) is 140 Å². The molecule has 1 amide bonds. The molecular weight excluding hydrogens is 560 g/mol. The summed E-state index contributed by atoms with van der Waals surface area (Å²) in [6.07, 6.45) is 5.39. The van der Waals surface area contributed by atoms with E-state index in [2.05, 4.69) is 39.9 Å². The molecule has 1 heterocycles. The highest BCUT2D eigenvalue weighted by molar-refractivity contribution is 5.67. The lowest BCUT2D eigenvalue weighted by Gasteiger charge is -2.63. The minimum atomic E-state index is -1.27. The molecule has 1 saturated heterocycles. The van der Waals surface area contributed by atoms with Gasteiger partial charge in [-0.15, -0.1) is 0 Å². The van der Waals surface area contributed by atoms with Crippen molar-refractivity contribution in [3.63, 3.8) is 0 Å². The smallest absolute Gasteiger partial charge is 0.407 e. The van der Waals surface area contributed by atoms with Crippen LogP contribution in [-0.4, -0.2) is 71.5 Å². The maximum Gasteiger partial charge on any atom is 0.407 e. The van der Waals surface area contributed by atoms with Gasteiger partial charge in [0.1, 0.15) is 6.10 Å². The zero-order valence-electron chi connectivity index (χ0n) is 28.3. The molecule has 2 spiro atoms. The predicted octanol–water partition coefficient (Wildman–Crippen LogP) is 4.56. The number of carbonyl (C=O) groups is 2. The van der Waals surface area contributed by atoms with Gasteiger partial charge in [0.15, 0.2) is 6.10 Å². The number of aliphatic hydroxyl groups is 2. The Morgan fingerprint density at radius 3 is 2.36 bits per heavy atom. The Morgan fingerprint density at radius 1 is 1.07 bits per heavy atom. The number of rotatable bonds is 6. The van der Waals surface area contributed by atoms with Crippen LogP contribution in [0.1, 0.15) is 107 Å². The summed E-state index contributed by atoms with van der Waals surface area (Å²) in [6, 6.07) is 0. The van der Waals surface area contributed by atoms with Crippen LogP contribution in [0.5, 0.6) is 0 Å². The second-order valence-corrected chi connectivity index (χ2v) is 17.3. The number of aliphatic hydroxyl groups excluding tert-OH is 1. The molecule has 9 heteroatoms. The van der Waals surface area contributed by atoms with E-state index in [1.54, 1.807) is 13.8 Å². The van der Waals surface area contributed by atoms with Gasteiger partial charge in [-0.1, -0.05) is 34.6 Å². The summed E-state index contributed by atoms with van der Waals surface area (Å²) in [7, 11) is 0. The number of hydrogen-bond donors (Lipinski definition) is 4. The Balaban J connectivity index is 1.27. The quantitative estimate of drug-likeness (QED) is 0.318. The molecule has 0 radical (unpaired) electrons. The van der Waals surface area contributed by atoms with Crippen LogP contribution in [-0.2, 0) is 19.0 Å². The van der Waals surface area contributed by atoms with Crippen LogP contribution < -0.4 is 11.1 Å². The highest BCUT2D eigenvalue weighted by Crippen LogP contribution is 2.89. The minimum absolute atomic E-state index is 0.0867. The van der Waals surface area contributed by atoms with Gasteiger partial charge in [0.05, 0.1) is 23.9 Å². The minimum Gasteiger partial charge on any atom is -0.457 e. The molecule has 0 aromatic carbocycles. The fourth-order valence-corrected chi connectivity index (χ4v) is 12.9. The van der Waals surface area contributed by atoms with Crippen LogP contribution in [0, 0.1) is 50.7 Å². The zero-order chi connectivity index (χ0) is 32.3. The number of hydrogen-bond acceptors (Lipinski definition) is 8. The SMILES string of the molecule is CC(=O)O[C@@H](C1C[C@@H](C)C2C(O1)[C@H](O)[C@@]1(C)[C@@H]3CC[C@H]4C(C)(C)C(OC(=O)NCCN)CC[C@@]45CC35CC[C@]21C)C(C)(C)O. The molecule has 1 aliphatic heterocycles. The molecule has 5 aliphatic carbocycles. The van der Waals surface area contributed by atoms with Crippen molar-refractivity contribution >= 4 is 12.1 Å². The monoisotopic (exact) mass is 618 g/mol. The largest absolute Gasteiger partial charge is 0.457 e. The Labute approximate surface area is 263 Å². The number of amides is 1. The molecule has 0 aromatic rings. The first kappa shape index (κ1) is 32.5. The van der Waals surface area contributed by atoms with Gasteiger partial charge in [0, 0.05) is 30.8 Å². The number of nitrogens with one attached hydrogen (secondary N) is 1. The Bertz CT molecular complexity index is 1170. The summed E-state index contributed by atoms with van der Waals surface area (Å²) >= 11 is 0. The molecule has 5 N–H and O–H groups in total. The maximum absolute atomic E-state index is 12.5. The molecule has 5 saturated carbocycles. The highest BCUT2D eigenvalue weighted by Gasteiger charge is 2.84. The van der Waals surface area contributed by atoms with Gasteiger partial charge in [0.25, 0.3) is 0 Å². The van der Waals surface area contributed by atoms with E-state index in [0.717, 1.165) is 32.1 Å². The van der Waals surface area contributed by atoms with Crippen LogP contribution in [0.2, 0.25) is 0 Å². The predicted molar refractivity (Wildman–Crippen MR) is 165 cm³/mol. The molecule has 250 valence electrons. The molecule has 9 nitrogen and oxygen atoms in total. The van der Waals surface area contributed by atoms with Crippen LogP contribution in [0.15, 0.2) is 0 Å². The lowest BCUT2D eigenvalue weighted by Crippen LogP contribution is -2.60. The lowest BCUT2D eigenvalue weighted by atomic mass is 9.41. The average Bonchev–Trinajstić information content (AvgIpc) is 3.56. The third-order valence-electron chi connectivity index (χ3n) is 14.8. The normalized spacial score (nSPS) is 49.2. The van der Waals surface area contributed by atoms with E-state index in [1.807, 2.05) is 0 Å². The van der Waals surface area contributed by atoms with E-state index in [1.165, 1.54) is 19.8 Å². The fraction of sp³-hybridized carbons (Fsp3) is 0.943. The van der Waals surface area contributed by atoms with E-state index in [9.17, 15) is 19.8 Å². The molecule has 6 rings (SSSR count). The summed E-state index contributed by atoms with van der Waals surface area (Å²) in [6.45, 7) is 17.1. The summed E-state index contributed by atoms with van der Waals surface area (Å²) in [5.41, 5.74) is 4.19. The molecule has 44 heavy (non-hydrogen) atoms. The van der Waals surface area contributed by atoms with Gasteiger partial charge in [-0.3, -0.25) is 4.79 Å². The Kier molecular flexibility index (Phi) is 7.60. The van der Waals surface area contributed by atoms with Crippen molar-refractivity contribution in [3.05, 3.63) is 0 Å². The first-order valence-corrected chi connectivity index (χ1v) is 17.3.